The normalized spacial score (nSPS) is 15.2. The van der Waals surface area contributed by atoms with Crippen LogP contribution in [0.3, 0.4) is 0 Å². The molecular formula is C15H24N2O2S. The van der Waals surface area contributed by atoms with Crippen molar-refractivity contribution in [2.24, 2.45) is 11.8 Å². The van der Waals surface area contributed by atoms with E-state index < -0.39 is 0 Å². The predicted molar refractivity (Wildman–Crippen MR) is 85.1 cm³/mol. The molecule has 0 bridgehead atoms. The molecule has 0 saturated heterocycles. The second-order valence-electron chi connectivity index (χ2n) is 5.88. The Hall–Kier alpha value is -1.23. The maximum absolute atomic E-state index is 12.2. The standard InChI is InChI=1S/C15H24N2O2S/c1-9(2)12(18)14-11(16)13(19-4)15(20-14)17(3)8-10-6-5-7-10/h9-10H,5-8,16H2,1-4H3. The topological polar surface area (TPSA) is 55.6 Å². The lowest BCUT2D eigenvalue weighted by Crippen LogP contribution is -2.28. The van der Waals surface area contributed by atoms with Gasteiger partial charge in [0, 0.05) is 19.5 Å². The average molecular weight is 296 g/mol. The lowest BCUT2D eigenvalue weighted by Gasteiger charge is -2.30. The van der Waals surface area contributed by atoms with E-state index in [4.69, 9.17) is 10.5 Å². The van der Waals surface area contributed by atoms with Crippen molar-refractivity contribution in [3.8, 4) is 5.75 Å². The third-order valence-electron chi connectivity index (χ3n) is 3.94. The molecule has 1 aliphatic rings. The van der Waals surface area contributed by atoms with Crippen molar-refractivity contribution in [2.75, 3.05) is 31.3 Å². The number of hydrogen-bond acceptors (Lipinski definition) is 5. The van der Waals surface area contributed by atoms with Crippen molar-refractivity contribution in [1.82, 2.24) is 0 Å². The summed E-state index contributed by atoms with van der Waals surface area (Å²) in [4.78, 5) is 15.0. The van der Waals surface area contributed by atoms with Crippen LogP contribution in [0.2, 0.25) is 0 Å². The molecule has 2 N–H and O–H groups in total. The molecule has 0 amide bonds. The van der Waals surface area contributed by atoms with E-state index in [-0.39, 0.29) is 11.7 Å². The van der Waals surface area contributed by atoms with Gasteiger partial charge in [-0.05, 0) is 18.8 Å². The van der Waals surface area contributed by atoms with Gasteiger partial charge in [-0.1, -0.05) is 20.3 Å². The Morgan fingerprint density at radius 1 is 1.50 bits per heavy atom. The van der Waals surface area contributed by atoms with Crippen LogP contribution in [0, 0.1) is 11.8 Å². The number of rotatable bonds is 6. The molecule has 1 aliphatic carbocycles. The number of anilines is 2. The minimum Gasteiger partial charge on any atom is -0.492 e. The molecule has 0 radical (unpaired) electrons. The van der Waals surface area contributed by atoms with Crippen molar-refractivity contribution in [1.29, 1.82) is 0 Å². The highest BCUT2D eigenvalue weighted by molar-refractivity contribution is 7.19. The van der Waals surface area contributed by atoms with Crippen LogP contribution in [-0.4, -0.2) is 26.5 Å². The summed E-state index contributed by atoms with van der Waals surface area (Å²) in [6.45, 7) is 4.79. The number of nitrogens with zero attached hydrogens (tertiary/aromatic N) is 1. The molecule has 5 heteroatoms. The smallest absolute Gasteiger partial charge is 0.177 e. The summed E-state index contributed by atoms with van der Waals surface area (Å²) in [7, 11) is 3.67. The Bertz CT molecular complexity index is 492. The number of nitrogens with two attached hydrogens (primary N) is 1. The van der Waals surface area contributed by atoms with Crippen LogP contribution in [0.25, 0.3) is 0 Å². The van der Waals surface area contributed by atoms with Gasteiger partial charge in [0.15, 0.2) is 11.5 Å². The molecule has 0 spiro atoms. The Kier molecular flexibility index (Phi) is 4.58. The van der Waals surface area contributed by atoms with Gasteiger partial charge in [-0.3, -0.25) is 4.79 Å². The molecule has 4 nitrogen and oxygen atoms in total. The van der Waals surface area contributed by atoms with E-state index >= 15 is 0 Å². The van der Waals surface area contributed by atoms with E-state index in [1.165, 1.54) is 30.6 Å². The molecule has 0 unspecified atom stereocenters. The number of carbonyl (C=O) groups excluding carboxylic acids is 1. The van der Waals surface area contributed by atoms with Crippen LogP contribution in [0.1, 0.15) is 42.8 Å². The molecule has 0 aliphatic heterocycles. The molecule has 1 aromatic heterocycles. The zero-order chi connectivity index (χ0) is 14.9. The van der Waals surface area contributed by atoms with Crippen molar-refractivity contribution >= 4 is 27.8 Å². The minimum atomic E-state index is -0.0505. The Balaban J connectivity index is 2.27. The van der Waals surface area contributed by atoms with E-state index in [0.717, 1.165) is 17.5 Å². The number of Topliss-reactive ketones (excluding diaryl/α,β-unsaturated/α-hetero) is 1. The molecule has 2 rings (SSSR count). The highest BCUT2D eigenvalue weighted by Crippen LogP contribution is 2.45. The van der Waals surface area contributed by atoms with Crippen LogP contribution in [0.5, 0.6) is 5.75 Å². The van der Waals surface area contributed by atoms with Crippen molar-refractivity contribution in [2.45, 2.75) is 33.1 Å². The lowest BCUT2D eigenvalue weighted by atomic mass is 9.85. The van der Waals surface area contributed by atoms with Crippen LogP contribution in [0.15, 0.2) is 0 Å². The average Bonchev–Trinajstić information content (AvgIpc) is 2.69. The second kappa shape index (κ2) is 6.04. The van der Waals surface area contributed by atoms with Gasteiger partial charge in [-0.25, -0.2) is 0 Å². The van der Waals surface area contributed by atoms with Crippen LogP contribution < -0.4 is 15.4 Å². The third-order valence-corrected chi connectivity index (χ3v) is 5.25. The maximum atomic E-state index is 12.2. The number of ether oxygens (including phenoxy) is 1. The third kappa shape index (κ3) is 2.77. The largest absolute Gasteiger partial charge is 0.492 e. The van der Waals surface area contributed by atoms with Crippen LogP contribution >= 0.6 is 11.3 Å². The zero-order valence-electron chi connectivity index (χ0n) is 12.7. The van der Waals surface area contributed by atoms with Gasteiger partial charge in [0.2, 0.25) is 0 Å². The molecule has 20 heavy (non-hydrogen) atoms. The monoisotopic (exact) mass is 296 g/mol. The summed E-state index contributed by atoms with van der Waals surface area (Å²) < 4.78 is 5.43. The van der Waals surface area contributed by atoms with Crippen molar-refractivity contribution < 1.29 is 9.53 Å². The van der Waals surface area contributed by atoms with Gasteiger partial charge in [-0.2, -0.15) is 0 Å². The molecule has 0 aromatic carbocycles. The minimum absolute atomic E-state index is 0.0505. The van der Waals surface area contributed by atoms with E-state index in [9.17, 15) is 4.79 Å². The van der Waals surface area contributed by atoms with E-state index in [1.54, 1.807) is 7.11 Å². The molecular weight excluding hydrogens is 272 g/mol. The van der Waals surface area contributed by atoms with E-state index in [2.05, 4.69) is 11.9 Å². The van der Waals surface area contributed by atoms with Gasteiger partial charge >= 0.3 is 0 Å². The number of thiophene rings is 1. The molecule has 1 heterocycles. The zero-order valence-corrected chi connectivity index (χ0v) is 13.5. The first-order valence-electron chi connectivity index (χ1n) is 7.17. The van der Waals surface area contributed by atoms with Gasteiger partial charge in [0.25, 0.3) is 0 Å². The molecule has 112 valence electrons. The first-order valence-corrected chi connectivity index (χ1v) is 7.99. The highest BCUT2D eigenvalue weighted by Gasteiger charge is 2.27. The number of methoxy groups -OCH3 is 1. The quantitative estimate of drug-likeness (QED) is 0.817. The SMILES string of the molecule is COc1c(N(C)CC2CCC2)sc(C(=O)C(C)C)c1N. The second-order valence-corrected chi connectivity index (χ2v) is 6.88. The fourth-order valence-corrected chi connectivity index (χ4v) is 3.70. The Morgan fingerprint density at radius 3 is 2.60 bits per heavy atom. The first-order chi connectivity index (χ1) is 9.45. The summed E-state index contributed by atoms with van der Waals surface area (Å²) >= 11 is 1.46. The fraction of sp³-hybridized carbons (Fsp3) is 0.667. The number of nitrogen functional groups attached to an aromatic ring is 1. The van der Waals surface area contributed by atoms with Crippen LogP contribution in [0.4, 0.5) is 10.7 Å². The van der Waals surface area contributed by atoms with Crippen molar-refractivity contribution in [3.63, 3.8) is 0 Å². The molecule has 1 saturated carbocycles. The van der Waals surface area contributed by atoms with E-state index in [0.29, 0.717) is 16.3 Å². The number of carbonyl (C=O) groups is 1. The molecule has 1 fully saturated rings. The van der Waals surface area contributed by atoms with Gasteiger partial charge in [0.1, 0.15) is 5.00 Å². The summed E-state index contributed by atoms with van der Waals surface area (Å²) in [6, 6.07) is 0. The molecule has 0 atom stereocenters. The van der Waals surface area contributed by atoms with Gasteiger partial charge < -0.3 is 15.4 Å². The Labute approximate surface area is 124 Å². The summed E-state index contributed by atoms with van der Waals surface area (Å²) in [5.41, 5.74) is 6.60. The number of ketones is 1. The Morgan fingerprint density at radius 2 is 2.15 bits per heavy atom. The fourth-order valence-electron chi connectivity index (χ4n) is 2.46. The molecule has 1 aromatic rings. The summed E-state index contributed by atoms with van der Waals surface area (Å²) in [5.74, 6) is 1.46. The highest BCUT2D eigenvalue weighted by atomic mass is 32.1. The van der Waals surface area contributed by atoms with Gasteiger partial charge in [-0.15, -0.1) is 11.3 Å². The predicted octanol–water partition coefficient (Wildman–Crippen LogP) is 3.41. The number of hydrogen-bond donors (Lipinski definition) is 1. The van der Waals surface area contributed by atoms with E-state index in [1.807, 2.05) is 13.8 Å². The first kappa shape index (κ1) is 15.2. The van der Waals surface area contributed by atoms with Gasteiger partial charge in [0.05, 0.1) is 17.7 Å². The summed E-state index contributed by atoms with van der Waals surface area (Å²) in [6.07, 6.45) is 3.93. The van der Waals surface area contributed by atoms with Crippen LogP contribution in [-0.2, 0) is 0 Å². The summed E-state index contributed by atoms with van der Waals surface area (Å²) in [5, 5.41) is 0.973. The lowest BCUT2D eigenvalue weighted by molar-refractivity contribution is 0.0944. The maximum Gasteiger partial charge on any atom is 0.177 e. The van der Waals surface area contributed by atoms with Crippen molar-refractivity contribution in [3.05, 3.63) is 4.88 Å².